The van der Waals surface area contributed by atoms with Crippen LogP contribution < -0.4 is 5.32 Å². The SMILES string of the molecule is C=CCOCC(O)CCNC(=O)C=C. The van der Waals surface area contributed by atoms with Gasteiger partial charge in [-0.15, -0.1) is 6.58 Å². The second-order valence-corrected chi connectivity index (χ2v) is 2.76. The number of amides is 1. The molecule has 80 valence electrons. The predicted molar refractivity (Wildman–Crippen MR) is 54.8 cm³/mol. The number of aliphatic hydroxyl groups excluding tert-OH is 1. The molecule has 4 heteroatoms. The van der Waals surface area contributed by atoms with Crippen molar-refractivity contribution in [3.05, 3.63) is 25.3 Å². The predicted octanol–water partition coefficient (Wildman–Crippen LogP) is 0.242. The van der Waals surface area contributed by atoms with Gasteiger partial charge < -0.3 is 15.2 Å². The van der Waals surface area contributed by atoms with E-state index in [0.717, 1.165) is 0 Å². The molecule has 1 atom stereocenters. The highest BCUT2D eigenvalue weighted by Gasteiger charge is 2.03. The third kappa shape index (κ3) is 7.52. The summed E-state index contributed by atoms with van der Waals surface area (Å²) in [5.74, 6) is -0.232. The molecule has 0 aliphatic heterocycles. The van der Waals surface area contributed by atoms with Crippen molar-refractivity contribution in [1.82, 2.24) is 5.32 Å². The van der Waals surface area contributed by atoms with Crippen LogP contribution in [0, 0.1) is 0 Å². The molecule has 0 aliphatic carbocycles. The highest BCUT2D eigenvalue weighted by molar-refractivity contribution is 5.86. The number of nitrogens with one attached hydrogen (secondary N) is 1. The third-order valence-electron chi connectivity index (χ3n) is 1.51. The Morgan fingerprint density at radius 2 is 2.29 bits per heavy atom. The molecular formula is C10H17NO3. The topological polar surface area (TPSA) is 58.6 Å². The third-order valence-corrected chi connectivity index (χ3v) is 1.51. The molecule has 0 saturated carbocycles. The van der Waals surface area contributed by atoms with E-state index < -0.39 is 6.10 Å². The van der Waals surface area contributed by atoms with Crippen molar-refractivity contribution in [3.8, 4) is 0 Å². The Hall–Kier alpha value is -1.13. The van der Waals surface area contributed by atoms with Crippen LogP contribution in [-0.2, 0) is 9.53 Å². The maximum atomic E-state index is 10.7. The van der Waals surface area contributed by atoms with Gasteiger partial charge in [0.15, 0.2) is 0 Å². The molecule has 0 aromatic carbocycles. The Bertz CT molecular complexity index is 192. The van der Waals surface area contributed by atoms with Gasteiger partial charge in [0.25, 0.3) is 0 Å². The molecule has 0 bridgehead atoms. The summed E-state index contributed by atoms with van der Waals surface area (Å²) in [6, 6.07) is 0. The molecule has 0 radical (unpaired) electrons. The average Bonchev–Trinajstić information content (AvgIpc) is 2.18. The number of hydrogen-bond acceptors (Lipinski definition) is 3. The van der Waals surface area contributed by atoms with E-state index in [1.165, 1.54) is 6.08 Å². The fourth-order valence-electron chi connectivity index (χ4n) is 0.805. The average molecular weight is 199 g/mol. The van der Waals surface area contributed by atoms with Crippen LogP contribution in [0.5, 0.6) is 0 Å². The van der Waals surface area contributed by atoms with Crippen LogP contribution in [0.2, 0.25) is 0 Å². The van der Waals surface area contributed by atoms with Crippen molar-refractivity contribution < 1.29 is 14.6 Å². The minimum Gasteiger partial charge on any atom is -0.391 e. The monoisotopic (exact) mass is 199 g/mol. The number of hydrogen-bond donors (Lipinski definition) is 2. The van der Waals surface area contributed by atoms with Gasteiger partial charge in [0, 0.05) is 6.54 Å². The minimum atomic E-state index is -0.555. The lowest BCUT2D eigenvalue weighted by Crippen LogP contribution is -2.27. The van der Waals surface area contributed by atoms with Gasteiger partial charge in [0.2, 0.25) is 5.91 Å². The summed E-state index contributed by atoms with van der Waals surface area (Å²) < 4.78 is 5.03. The Morgan fingerprint density at radius 3 is 2.86 bits per heavy atom. The summed E-state index contributed by atoms with van der Waals surface area (Å²) in [6.07, 6.45) is 2.73. The molecule has 0 rings (SSSR count). The maximum absolute atomic E-state index is 10.7. The second kappa shape index (κ2) is 8.47. The number of ether oxygens (including phenoxy) is 1. The first-order valence-corrected chi connectivity index (χ1v) is 4.47. The summed E-state index contributed by atoms with van der Waals surface area (Å²) in [7, 11) is 0. The van der Waals surface area contributed by atoms with Gasteiger partial charge in [-0.25, -0.2) is 0 Å². The van der Waals surface area contributed by atoms with Crippen LogP contribution in [-0.4, -0.2) is 36.9 Å². The molecule has 0 spiro atoms. The van der Waals surface area contributed by atoms with Crippen LogP contribution in [0.4, 0.5) is 0 Å². The lowest BCUT2D eigenvalue weighted by Gasteiger charge is -2.10. The molecule has 4 nitrogen and oxygen atoms in total. The Morgan fingerprint density at radius 1 is 1.57 bits per heavy atom. The molecule has 1 unspecified atom stereocenters. The maximum Gasteiger partial charge on any atom is 0.243 e. The van der Waals surface area contributed by atoms with Crippen LogP contribution >= 0.6 is 0 Å². The number of aliphatic hydroxyl groups is 1. The summed E-state index contributed by atoms with van der Waals surface area (Å²) >= 11 is 0. The molecule has 2 N–H and O–H groups in total. The molecule has 0 aliphatic rings. The zero-order valence-corrected chi connectivity index (χ0v) is 8.24. The van der Waals surface area contributed by atoms with Gasteiger partial charge in [0.1, 0.15) is 0 Å². The fraction of sp³-hybridized carbons (Fsp3) is 0.500. The molecule has 0 aromatic rings. The van der Waals surface area contributed by atoms with Gasteiger partial charge in [-0.05, 0) is 12.5 Å². The zero-order chi connectivity index (χ0) is 10.8. The standard InChI is InChI=1S/C10H17NO3/c1-3-7-14-8-9(12)5-6-11-10(13)4-2/h3-4,9,12H,1-2,5-8H2,(H,11,13). The molecule has 1 amide bonds. The molecule has 0 heterocycles. The summed E-state index contributed by atoms with van der Waals surface area (Å²) in [4.78, 5) is 10.7. The molecular weight excluding hydrogens is 182 g/mol. The van der Waals surface area contributed by atoms with Gasteiger partial charge >= 0.3 is 0 Å². The van der Waals surface area contributed by atoms with Crippen molar-refractivity contribution in [2.24, 2.45) is 0 Å². The van der Waals surface area contributed by atoms with E-state index in [4.69, 9.17) is 4.74 Å². The fourth-order valence-corrected chi connectivity index (χ4v) is 0.805. The minimum absolute atomic E-state index is 0.232. The Balaban J connectivity index is 3.34. The first-order chi connectivity index (χ1) is 6.70. The van der Waals surface area contributed by atoms with Crippen LogP contribution in [0.1, 0.15) is 6.42 Å². The van der Waals surface area contributed by atoms with E-state index in [2.05, 4.69) is 18.5 Å². The molecule has 14 heavy (non-hydrogen) atoms. The summed E-state index contributed by atoms with van der Waals surface area (Å²) in [5.41, 5.74) is 0. The van der Waals surface area contributed by atoms with Crippen LogP contribution in [0.15, 0.2) is 25.3 Å². The largest absolute Gasteiger partial charge is 0.391 e. The molecule has 0 saturated heterocycles. The summed E-state index contributed by atoms with van der Waals surface area (Å²) in [5, 5.41) is 11.9. The number of carbonyl (C=O) groups is 1. The van der Waals surface area contributed by atoms with Gasteiger partial charge in [0.05, 0.1) is 19.3 Å². The zero-order valence-electron chi connectivity index (χ0n) is 8.24. The van der Waals surface area contributed by atoms with E-state index in [1.54, 1.807) is 6.08 Å². The van der Waals surface area contributed by atoms with Gasteiger partial charge in [-0.1, -0.05) is 12.7 Å². The Kier molecular flexibility index (Phi) is 7.78. The lowest BCUT2D eigenvalue weighted by molar-refractivity contribution is -0.116. The lowest BCUT2D eigenvalue weighted by atomic mass is 10.2. The van der Waals surface area contributed by atoms with Gasteiger partial charge in [-0.2, -0.15) is 0 Å². The second-order valence-electron chi connectivity index (χ2n) is 2.76. The van der Waals surface area contributed by atoms with E-state index in [-0.39, 0.29) is 12.5 Å². The first-order valence-electron chi connectivity index (χ1n) is 4.47. The van der Waals surface area contributed by atoms with Crippen LogP contribution in [0.3, 0.4) is 0 Å². The quantitative estimate of drug-likeness (QED) is 0.334. The van der Waals surface area contributed by atoms with Crippen LogP contribution in [0.25, 0.3) is 0 Å². The number of rotatable bonds is 8. The normalized spacial score (nSPS) is 11.8. The highest BCUT2D eigenvalue weighted by atomic mass is 16.5. The van der Waals surface area contributed by atoms with Crippen molar-refractivity contribution in [2.75, 3.05) is 19.8 Å². The van der Waals surface area contributed by atoms with E-state index in [1.807, 2.05) is 0 Å². The summed E-state index contributed by atoms with van der Waals surface area (Å²) in [6.45, 7) is 7.89. The van der Waals surface area contributed by atoms with E-state index in [0.29, 0.717) is 19.6 Å². The smallest absolute Gasteiger partial charge is 0.243 e. The van der Waals surface area contributed by atoms with E-state index in [9.17, 15) is 9.90 Å². The number of carbonyl (C=O) groups excluding carboxylic acids is 1. The highest BCUT2D eigenvalue weighted by Crippen LogP contribution is 1.91. The van der Waals surface area contributed by atoms with Crippen molar-refractivity contribution in [3.63, 3.8) is 0 Å². The van der Waals surface area contributed by atoms with E-state index >= 15 is 0 Å². The Labute approximate surface area is 84.3 Å². The van der Waals surface area contributed by atoms with Crippen molar-refractivity contribution >= 4 is 5.91 Å². The first kappa shape index (κ1) is 12.9. The van der Waals surface area contributed by atoms with Crippen molar-refractivity contribution in [2.45, 2.75) is 12.5 Å². The van der Waals surface area contributed by atoms with Gasteiger partial charge in [-0.3, -0.25) is 4.79 Å². The molecule has 0 fully saturated rings. The molecule has 0 aromatic heterocycles. The van der Waals surface area contributed by atoms with Crippen molar-refractivity contribution in [1.29, 1.82) is 0 Å².